The molecule has 0 bridgehead atoms. The number of hydrogen-bond donors (Lipinski definition) is 1. The van der Waals surface area contributed by atoms with Crippen molar-refractivity contribution in [1.82, 2.24) is 0 Å². The Balaban J connectivity index is 3.15. The standard InChI is InChI=1S/C5H11F2NO/c1-4(2-3-8)9-5(6)7/h4-5H,2-3,8H2,1H3/t4-/m1/s1. The maximum Gasteiger partial charge on any atom is 0.345 e. The molecule has 0 saturated carbocycles. The minimum atomic E-state index is -2.67. The van der Waals surface area contributed by atoms with Crippen LogP contribution < -0.4 is 5.73 Å². The SMILES string of the molecule is C[C@H](CCN)OC(F)F. The third-order valence-electron chi connectivity index (χ3n) is 0.908. The number of halogens is 2. The molecule has 0 fully saturated rings. The van der Waals surface area contributed by atoms with E-state index < -0.39 is 12.7 Å². The molecule has 0 rings (SSSR count). The molecule has 1 atom stereocenters. The van der Waals surface area contributed by atoms with Gasteiger partial charge in [-0.25, -0.2) is 0 Å². The minimum Gasteiger partial charge on any atom is -0.330 e. The Hall–Kier alpha value is -0.220. The Morgan fingerprint density at radius 2 is 2.11 bits per heavy atom. The second-order valence-electron chi connectivity index (χ2n) is 1.78. The lowest BCUT2D eigenvalue weighted by atomic mass is 10.3. The van der Waals surface area contributed by atoms with Crippen molar-refractivity contribution in [3.05, 3.63) is 0 Å². The molecule has 0 aromatic heterocycles. The predicted octanol–water partition coefficient (Wildman–Crippen LogP) is 0.963. The first-order valence-electron chi connectivity index (χ1n) is 2.80. The smallest absolute Gasteiger partial charge is 0.330 e. The molecule has 0 heterocycles. The summed E-state index contributed by atoms with van der Waals surface area (Å²) in [5.74, 6) is 0. The lowest BCUT2D eigenvalue weighted by molar-refractivity contribution is -0.158. The van der Waals surface area contributed by atoms with E-state index in [9.17, 15) is 8.78 Å². The van der Waals surface area contributed by atoms with Gasteiger partial charge in [-0.05, 0) is 19.9 Å². The molecular weight excluding hydrogens is 128 g/mol. The fraction of sp³-hybridized carbons (Fsp3) is 1.00. The van der Waals surface area contributed by atoms with Gasteiger partial charge in [-0.2, -0.15) is 8.78 Å². The lowest BCUT2D eigenvalue weighted by Crippen LogP contribution is -2.16. The summed E-state index contributed by atoms with van der Waals surface area (Å²) in [5, 5.41) is 0. The summed E-state index contributed by atoms with van der Waals surface area (Å²) < 4.78 is 26.8. The monoisotopic (exact) mass is 139 g/mol. The molecule has 0 aromatic rings. The van der Waals surface area contributed by atoms with Gasteiger partial charge >= 0.3 is 6.61 Å². The summed E-state index contributed by atoms with van der Waals surface area (Å²) in [4.78, 5) is 0. The van der Waals surface area contributed by atoms with E-state index in [1.807, 2.05) is 0 Å². The Morgan fingerprint density at radius 1 is 1.56 bits per heavy atom. The van der Waals surface area contributed by atoms with E-state index in [0.717, 1.165) is 0 Å². The van der Waals surface area contributed by atoms with Crippen molar-refractivity contribution in [2.75, 3.05) is 6.54 Å². The van der Waals surface area contributed by atoms with Gasteiger partial charge in [-0.3, -0.25) is 0 Å². The number of ether oxygens (including phenoxy) is 1. The Bertz CT molecular complexity index is 70.0. The van der Waals surface area contributed by atoms with Gasteiger partial charge in [0, 0.05) is 0 Å². The van der Waals surface area contributed by atoms with E-state index in [1.54, 1.807) is 6.92 Å². The summed E-state index contributed by atoms with van der Waals surface area (Å²) in [5.41, 5.74) is 5.08. The van der Waals surface area contributed by atoms with Crippen LogP contribution in [0.4, 0.5) is 8.78 Å². The zero-order valence-electron chi connectivity index (χ0n) is 5.31. The van der Waals surface area contributed by atoms with Crippen LogP contribution in [0.3, 0.4) is 0 Å². The van der Waals surface area contributed by atoms with E-state index >= 15 is 0 Å². The number of rotatable bonds is 4. The van der Waals surface area contributed by atoms with Gasteiger partial charge in [0.1, 0.15) is 0 Å². The molecule has 0 aliphatic heterocycles. The fourth-order valence-electron chi connectivity index (χ4n) is 0.478. The maximum atomic E-state index is 11.3. The summed E-state index contributed by atoms with van der Waals surface area (Å²) in [7, 11) is 0. The second-order valence-corrected chi connectivity index (χ2v) is 1.78. The van der Waals surface area contributed by atoms with Crippen molar-refractivity contribution in [3.8, 4) is 0 Å². The van der Waals surface area contributed by atoms with E-state index in [0.29, 0.717) is 13.0 Å². The van der Waals surface area contributed by atoms with Gasteiger partial charge in [0.15, 0.2) is 0 Å². The summed E-state index contributed by atoms with van der Waals surface area (Å²) in [6, 6.07) is 0. The molecular formula is C5H11F2NO. The number of nitrogens with two attached hydrogens (primary N) is 1. The largest absolute Gasteiger partial charge is 0.345 e. The molecule has 56 valence electrons. The number of alkyl halides is 2. The third kappa shape index (κ3) is 5.65. The average Bonchev–Trinajstić information content (AvgIpc) is 1.63. The quantitative estimate of drug-likeness (QED) is 0.629. The zero-order chi connectivity index (χ0) is 7.28. The molecule has 2 N–H and O–H groups in total. The highest BCUT2D eigenvalue weighted by molar-refractivity contribution is 4.48. The molecule has 0 spiro atoms. The van der Waals surface area contributed by atoms with Crippen LogP contribution in [0.15, 0.2) is 0 Å². The van der Waals surface area contributed by atoms with Crippen molar-refractivity contribution in [3.63, 3.8) is 0 Å². The van der Waals surface area contributed by atoms with E-state index in [1.165, 1.54) is 0 Å². The first kappa shape index (κ1) is 8.78. The zero-order valence-corrected chi connectivity index (χ0v) is 5.31. The molecule has 0 aliphatic rings. The van der Waals surface area contributed by atoms with Crippen LogP contribution in [-0.4, -0.2) is 19.3 Å². The van der Waals surface area contributed by atoms with Gasteiger partial charge in [0.2, 0.25) is 0 Å². The van der Waals surface area contributed by atoms with Crippen LogP contribution in [-0.2, 0) is 4.74 Å². The normalized spacial score (nSPS) is 14.3. The first-order valence-corrected chi connectivity index (χ1v) is 2.80. The lowest BCUT2D eigenvalue weighted by Gasteiger charge is -2.09. The van der Waals surface area contributed by atoms with Crippen LogP contribution in [0.5, 0.6) is 0 Å². The molecule has 0 saturated heterocycles. The van der Waals surface area contributed by atoms with Crippen molar-refractivity contribution >= 4 is 0 Å². The summed E-state index contributed by atoms with van der Waals surface area (Å²) in [6.45, 7) is -0.723. The molecule has 0 radical (unpaired) electrons. The molecule has 0 amide bonds. The Morgan fingerprint density at radius 3 is 2.44 bits per heavy atom. The van der Waals surface area contributed by atoms with Crippen LogP contribution in [0.1, 0.15) is 13.3 Å². The van der Waals surface area contributed by atoms with Crippen LogP contribution in [0.25, 0.3) is 0 Å². The molecule has 4 heteroatoms. The number of hydrogen-bond acceptors (Lipinski definition) is 2. The van der Waals surface area contributed by atoms with Gasteiger partial charge in [-0.1, -0.05) is 0 Å². The highest BCUT2D eigenvalue weighted by Gasteiger charge is 2.07. The van der Waals surface area contributed by atoms with E-state index in [-0.39, 0.29) is 0 Å². The van der Waals surface area contributed by atoms with Gasteiger partial charge in [0.05, 0.1) is 6.10 Å². The topological polar surface area (TPSA) is 35.2 Å². The van der Waals surface area contributed by atoms with Gasteiger partial charge in [0.25, 0.3) is 0 Å². The van der Waals surface area contributed by atoms with Gasteiger partial charge in [-0.15, -0.1) is 0 Å². The average molecular weight is 139 g/mol. The van der Waals surface area contributed by atoms with Crippen LogP contribution in [0.2, 0.25) is 0 Å². The van der Waals surface area contributed by atoms with E-state index in [4.69, 9.17) is 5.73 Å². The van der Waals surface area contributed by atoms with Crippen molar-refractivity contribution in [2.24, 2.45) is 5.73 Å². The van der Waals surface area contributed by atoms with Crippen molar-refractivity contribution in [2.45, 2.75) is 26.1 Å². The van der Waals surface area contributed by atoms with Crippen molar-refractivity contribution < 1.29 is 13.5 Å². The van der Waals surface area contributed by atoms with Crippen LogP contribution >= 0.6 is 0 Å². The minimum absolute atomic E-state index is 0.383. The molecule has 9 heavy (non-hydrogen) atoms. The highest BCUT2D eigenvalue weighted by Crippen LogP contribution is 2.02. The predicted molar refractivity (Wildman–Crippen MR) is 30.2 cm³/mol. The highest BCUT2D eigenvalue weighted by atomic mass is 19.3. The molecule has 2 nitrogen and oxygen atoms in total. The molecule has 0 unspecified atom stereocenters. The van der Waals surface area contributed by atoms with Crippen molar-refractivity contribution in [1.29, 1.82) is 0 Å². The van der Waals surface area contributed by atoms with Gasteiger partial charge < -0.3 is 10.5 Å². The van der Waals surface area contributed by atoms with Crippen LogP contribution in [0, 0.1) is 0 Å². The first-order chi connectivity index (χ1) is 4.16. The molecule has 0 aromatic carbocycles. The molecule has 0 aliphatic carbocycles. The third-order valence-corrected chi connectivity index (χ3v) is 0.908. The maximum absolute atomic E-state index is 11.3. The van der Waals surface area contributed by atoms with E-state index in [2.05, 4.69) is 4.74 Å². The Labute approximate surface area is 53.0 Å². The summed E-state index contributed by atoms with van der Waals surface area (Å²) >= 11 is 0. The fourth-order valence-corrected chi connectivity index (χ4v) is 0.478. The summed E-state index contributed by atoms with van der Waals surface area (Å²) in [6.07, 6.45) is 0.0413. The second kappa shape index (κ2) is 4.64. The Kier molecular flexibility index (Phi) is 4.53.